The van der Waals surface area contributed by atoms with Gasteiger partial charge in [0.2, 0.25) is 5.91 Å². The van der Waals surface area contributed by atoms with Gasteiger partial charge in [-0.05, 0) is 39.6 Å². The van der Waals surface area contributed by atoms with Gasteiger partial charge in [-0.25, -0.2) is 0 Å². The highest BCUT2D eigenvalue weighted by Crippen LogP contribution is 2.10. The second-order valence-corrected chi connectivity index (χ2v) is 4.24. The van der Waals surface area contributed by atoms with Gasteiger partial charge >= 0.3 is 0 Å². The molecule has 0 aromatic heterocycles. The van der Waals surface area contributed by atoms with Crippen LogP contribution in [-0.2, 0) is 4.79 Å². The van der Waals surface area contributed by atoms with Crippen LogP contribution in [0.2, 0.25) is 0 Å². The molecule has 0 aliphatic rings. The molecule has 1 atom stereocenters. The van der Waals surface area contributed by atoms with Crippen LogP contribution in [0.1, 0.15) is 18.9 Å². The Morgan fingerprint density at radius 2 is 1.88 bits per heavy atom. The minimum Gasteiger partial charge on any atom is -0.325 e. The second kappa shape index (κ2) is 5.66. The lowest BCUT2D eigenvalue weighted by Gasteiger charge is -2.21. The second-order valence-electron chi connectivity index (χ2n) is 4.24. The number of anilines is 1. The molecule has 1 rings (SSSR count). The molecule has 0 heterocycles. The fourth-order valence-corrected chi connectivity index (χ4v) is 1.65. The zero-order chi connectivity index (χ0) is 12.1. The van der Waals surface area contributed by atoms with Gasteiger partial charge in [0.15, 0.2) is 0 Å². The van der Waals surface area contributed by atoms with E-state index in [4.69, 9.17) is 0 Å². The number of carbonyl (C=O) groups excluding carboxylic acids is 1. The number of nitrogens with zero attached hydrogens (tertiary/aromatic N) is 1. The number of likely N-dealkylation sites (N-methyl/N-ethyl adjacent to an activating group) is 1. The van der Waals surface area contributed by atoms with Crippen LogP contribution in [0.25, 0.3) is 0 Å². The summed E-state index contributed by atoms with van der Waals surface area (Å²) in [5.41, 5.74) is 2.05. The lowest BCUT2D eigenvalue weighted by atomic mass is 10.2. The smallest absolute Gasteiger partial charge is 0.241 e. The molecule has 0 fully saturated rings. The highest BCUT2D eigenvalue weighted by Gasteiger charge is 2.18. The molecular weight excluding hydrogens is 200 g/mol. The maximum Gasteiger partial charge on any atom is 0.241 e. The molecule has 1 amide bonds. The van der Waals surface area contributed by atoms with Gasteiger partial charge in [0, 0.05) is 5.69 Å². The van der Waals surface area contributed by atoms with Crippen molar-refractivity contribution in [3.05, 3.63) is 29.8 Å². The van der Waals surface area contributed by atoms with E-state index in [-0.39, 0.29) is 11.9 Å². The summed E-state index contributed by atoms with van der Waals surface area (Å²) in [4.78, 5) is 13.9. The number of benzene rings is 1. The van der Waals surface area contributed by atoms with Crippen LogP contribution in [0.5, 0.6) is 0 Å². The van der Waals surface area contributed by atoms with E-state index in [0.29, 0.717) is 0 Å². The summed E-state index contributed by atoms with van der Waals surface area (Å²) >= 11 is 0. The average Bonchev–Trinajstić information content (AvgIpc) is 2.22. The van der Waals surface area contributed by atoms with E-state index >= 15 is 0 Å². The third kappa shape index (κ3) is 3.35. The van der Waals surface area contributed by atoms with Crippen LogP contribution in [-0.4, -0.2) is 30.9 Å². The summed E-state index contributed by atoms with van der Waals surface area (Å²) < 4.78 is 0. The third-order valence-corrected chi connectivity index (χ3v) is 2.63. The van der Waals surface area contributed by atoms with Crippen LogP contribution in [0.3, 0.4) is 0 Å². The van der Waals surface area contributed by atoms with Crippen molar-refractivity contribution in [2.75, 3.05) is 19.4 Å². The number of nitrogens with one attached hydrogen (secondary N) is 1. The molecule has 0 radical (unpaired) electrons. The molecule has 1 aromatic rings. The largest absolute Gasteiger partial charge is 0.325 e. The van der Waals surface area contributed by atoms with Crippen LogP contribution >= 0.6 is 0 Å². The molecule has 3 heteroatoms. The van der Waals surface area contributed by atoms with Crippen molar-refractivity contribution in [2.45, 2.75) is 26.3 Å². The number of rotatable bonds is 4. The Morgan fingerprint density at radius 1 is 1.31 bits per heavy atom. The molecular formula is C13H20N2O. The molecule has 0 aliphatic carbocycles. The summed E-state index contributed by atoms with van der Waals surface area (Å²) in [6, 6.07) is 7.77. The fraction of sp³-hybridized carbons (Fsp3) is 0.462. The van der Waals surface area contributed by atoms with Crippen molar-refractivity contribution >= 4 is 11.6 Å². The van der Waals surface area contributed by atoms with Gasteiger partial charge in [-0.3, -0.25) is 9.69 Å². The van der Waals surface area contributed by atoms with Gasteiger partial charge in [-0.2, -0.15) is 0 Å². The summed E-state index contributed by atoms with van der Waals surface area (Å²) in [5.74, 6) is 0.0522. The van der Waals surface area contributed by atoms with Crippen molar-refractivity contribution in [3.8, 4) is 0 Å². The Labute approximate surface area is 97.5 Å². The fourth-order valence-electron chi connectivity index (χ4n) is 1.65. The van der Waals surface area contributed by atoms with Crippen molar-refractivity contribution < 1.29 is 4.79 Å². The molecule has 0 aliphatic heterocycles. The maximum atomic E-state index is 11.9. The van der Waals surface area contributed by atoms with Crippen molar-refractivity contribution in [1.82, 2.24) is 4.90 Å². The van der Waals surface area contributed by atoms with Gasteiger partial charge in [0.25, 0.3) is 0 Å². The molecule has 0 bridgehead atoms. The van der Waals surface area contributed by atoms with Gasteiger partial charge < -0.3 is 5.32 Å². The van der Waals surface area contributed by atoms with Crippen LogP contribution < -0.4 is 5.32 Å². The highest BCUT2D eigenvalue weighted by atomic mass is 16.2. The number of carbonyl (C=O) groups is 1. The third-order valence-electron chi connectivity index (χ3n) is 2.63. The molecule has 88 valence electrons. The maximum absolute atomic E-state index is 11.9. The van der Waals surface area contributed by atoms with Crippen molar-refractivity contribution in [2.24, 2.45) is 0 Å². The quantitative estimate of drug-likeness (QED) is 0.844. The first kappa shape index (κ1) is 12.7. The number of aryl methyl sites for hydroxylation is 1. The van der Waals surface area contributed by atoms with E-state index in [1.807, 2.05) is 57.1 Å². The summed E-state index contributed by atoms with van der Waals surface area (Å²) in [5, 5.41) is 2.92. The molecule has 16 heavy (non-hydrogen) atoms. The lowest BCUT2D eigenvalue weighted by Crippen LogP contribution is -2.39. The molecule has 0 saturated carbocycles. The topological polar surface area (TPSA) is 32.3 Å². The Kier molecular flexibility index (Phi) is 4.50. The molecule has 0 saturated heterocycles. The molecule has 1 N–H and O–H groups in total. The average molecular weight is 220 g/mol. The Hall–Kier alpha value is -1.35. The lowest BCUT2D eigenvalue weighted by molar-refractivity contribution is -0.120. The summed E-state index contributed by atoms with van der Waals surface area (Å²) in [6.07, 6.45) is 0.810. The minimum atomic E-state index is -0.0682. The van der Waals surface area contributed by atoms with Crippen LogP contribution in [0, 0.1) is 6.92 Å². The zero-order valence-corrected chi connectivity index (χ0v) is 10.4. The predicted molar refractivity (Wildman–Crippen MR) is 67.6 cm³/mol. The first-order valence-electron chi connectivity index (χ1n) is 5.58. The monoisotopic (exact) mass is 220 g/mol. The van der Waals surface area contributed by atoms with Crippen LogP contribution in [0.4, 0.5) is 5.69 Å². The van der Waals surface area contributed by atoms with E-state index in [2.05, 4.69) is 5.32 Å². The number of hydrogen-bond acceptors (Lipinski definition) is 2. The Bertz CT molecular complexity index is 343. The van der Waals surface area contributed by atoms with Gasteiger partial charge in [-0.15, -0.1) is 0 Å². The first-order chi connectivity index (χ1) is 7.54. The predicted octanol–water partition coefficient (Wildman–Crippen LogP) is 2.27. The zero-order valence-electron chi connectivity index (χ0n) is 10.4. The first-order valence-corrected chi connectivity index (χ1v) is 5.58. The Morgan fingerprint density at radius 3 is 2.31 bits per heavy atom. The van der Waals surface area contributed by atoms with Crippen LogP contribution in [0.15, 0.2) is 24.3 Å². The molecule has 0 unspecified atom stereocenters. The molecule has 3 nitrogen and oxygen atoms in total. The van der Waals surface area contributed by atoms with E-state index < -0.39 is 0 Å². The van der Waals surface area contributed by atoms with Crippen molar-refractivity contribution in [1.29, 1.82) is 0 Å². The Balaban J connectivity index is 2.66. The standard InChI is InChI=1S/C13H20N2O/c1-5-12(15(3)4)13(16)14-11-8-6-10(2)7-9-11/h6-9,12H,5H2,1-4H3,(H,14,16)/t12-/m1/s1. The summed E-state index contributed by atoms with van der Waals surface area (Å²) in [7, 11) is 3.84. The van der Waals surface area contributed by atoms with Gasteiger partial charge in [0.05, 0.1) is 6.04 Å². The van der Waals surface area contributed by atoms with E-state index in [0.717, 1.165) is 12.1 Å². The number of hydrogen-bond donors (Lipinski definition) is 1. The SMILES string of the molecule is CC[C@H](C(=O)Nc1ccc(C)cc1)N(C)C. The van der Waals surface area contributed by atoms with E-state index in [1.165, 1.54) is 5.56 Å². The minimum absolute atomic E-state index is 0.0522. The van der Waals surface area contributed by atoms with Crippen molar-refractivity contribution in [3.63, 3.8) is 0 Å². The summed E-state index contributed by atoms with van der Waals surface area (Å²) in [6.45, 7) is 4.04. The van der Waals surface area contributed by atoms with Gasteiger partial charge in [0.1, 0.15) is 0 Å². The molecule has 0 spiro atoms. The highest BCUT2D eigenvalue weighted by molar-refractivity contribution is 5.94. The normalized spacial score (nSPS) is 12.6. The van der Waals surface area contributed by atoms with Gasteiger partial charge in [-0.1, -0.05) is 24.6 Å². The van der Waals surface area contributed by atoms with E-state index in [9.17, 15) is 4.79 Å². The van der Waals surface area contributed by atoms with E-state index in [1.54, 1.807) is 0 Å². The number of amides is 1. The molecule has 1 aromatic carbocycles.